The van der Waals surface area contributed by atoms with Crippen LogP contribution in [-0.2, 0) is 5.41 Å². The maximum absolute atomic E-state index is 5.82. The van der Waals surface area contributed by atoms with Gasteiger partial charge < -0.3 is 5.73 Å². The number of nitrogens with two attached hydrogens (primary N) is 1. The fourth-order valence-corrected chi connectivity index (χ4v) is 1.85. The van der Waals surface area contributed by atoms with Gasteiger partial charge in [0.05, 0.1) is 0 Å². The van der Waals surface area contributed by atoms with Crippen LogP contribution in [0.2, 0.25) is 0 Å². The number of aromatic amines is 1. The Morgan fingerprint density at radius 1 is 1.46 bits per heavy atom. The predicted molar refractivity (Wildman–Crippen MR) is 53.7 cm³/mol. The van der Waals surface area contributed by atoms with E-state index in [2.05, 4.69) is 31.0 Å². The number of nitrogens with one attached hydrogen (secondary N) is 1. The molecule has 0 radical (unpaired) electrons. The summed E-state index contributed by atoms with van der Waals surface area (Å²) in [5, 5.41) is 7.18. The molecule has 1 aliphatic rings. The smallest absolute Gasteiger partial charge is 0.148 e. The van der Waals surface area contributed by atoms with E-state index in [0.29, 0.717) is 17.2 Å². The minimum atomic E-state index is 0.338. The Hall–Kier alpha value is -0.990. The SMILES string of the molecule is CC(C)c1c(N)n[nH]c1C1(C)CC1. The fourth-order valence-electron chi connectivity index (χ4n) is 1.85. The highest BCUT2D eigenvalue weighted by Gasteiger charge is 2.43. The highest BCUT2D eigenvalue weighted by Crippen LogP contribution is 2.49. The topological polar surface area (TPSA) is 54.7 Å². The van der Waals surface area contributed by atoms with Gasteiger partial charge in [-0.15, -0.1) is 0 Å². The molecule has 3 nitrogen and oxygen atoms in total. The van der Waals surface area contributed by atoms with E-state index in [4.69, 9.17) is 5.73 Å². The third-order valence-electron chi connectivity index (χ3n) is 3.01. The molecule has 1 saturated carbocycles. The zero-order valence-corrected chi connectivity index (χ0v) is 8.52. The van der Waals surface area contributed by atoms with Crippen molar-refractivity contribution in [3.63, 3.8) is 0 Å². The molecule has 0 atom stereocenters. The number of nitrogen functional groups attached to an aromatic ring is 1. The highest BCUT2D eigenvalue weighted by atomic mass is 15.2. The first-order valence-electron chi connectivity index (χ1n) is 4.89. The van der Waals surface area contributed by atoms with Gasteiger partial charge in [-0.25, -0.2) is 0 Å². The first-order chi connectivity index (χ1) is 6.04. The van der Waals surface area contributed by atoms with E-state index < -0.39 is 0 Å². The molecule has 72 valence electrons. The maximum Gasteiger partial charge on any atom is 0.148 e. The number of hydrogen-bond acceptors (Lipinski definition) is 2. The zero-order chi connectivity index (χ0) is 9.64. The average molecular weight is 179 g/mol. The van der Waals surface area contributed by atoms with Crippen molar-refractivity contribution in [3.8, 4) is 0 Å². The van der Waals surface area contributed by atoms with E-state index in [9.17, 15) is 0 Å². The van der Waals surface area contributed by atoms with E-state index in [-0.39, 0.29) is 0 Å². The largest absolute Gasteiger partial charge is 0.382 e. The van der Waals surface area contributed by atoms with Crippen molar-refractivity contribution in [2.24, 2.45) is 0 Å². The van der Waals surface area contributed by atoms with Crippen LogP contribution in [0, 0.1) is 0 Å². The Morgan fingerprint density at radius 2 is 2.08 bits per heavy atom. The molecule has 3 heteroatoms. The van der Waals surface area contributed by atoms with Crippen LogP contribution in [0.5, 0.6) is 0 Å². The molecule has 0 aromatic carbocycles. The third-order valence-corrected chi connectivity index (χ3v) is 3.01. The van der Waals surface area contributed by atoms with Gasteiger partial charge in [0, 0.05) is 16.7 Å². The molecule has 2 rings (SSSR count). The van der Waals surface area contributed by atoms with Crippen LogP contribution < -0.4 is 5.73 Å². The molecule has 0 unspecified atom stereocenters. The Kier molecular flexibility index (Phi) is 1.65. The molecule has 1 aliphatic carbocycles. The Morgan fingerprint density at radius 3 is 2.54 bits per heavy atom. The molecule has 0 saturated heterocycles. The van der Waals surface area contributed by atoms with Crippen molar-refractivity contribution in [2.45, 2.75) is 44.9 Å². The van der Waals surface area contributed by atoms with E-state index in [1.807, 2.05) is 0 Å². The van der Waals surface area contributed by atoms with Crippen LogP contribution in [0.15, 0.2) is 0 Å². The maximum atomic E-state index is 5.82. The summed E-state index contributed by atoms with van der Waals surface area (Å²) in [6.45, 7) is 6.60. The van der Waals surface area contributed by atoms with Crippen molar-refractivity contribution >= 4 is 5.82 Å². The van der Waals surface area contributed by atoms with Crippen molar-refractivity contribution in [1.29, 1.82) is 0 Å². The van der Waals surface area contributed by atoms with Gasteiger partial charge in [-0.05, 0) is 18.8 Å². The van der Waals surface area contributed by atoms with E-state index >= 15 is 0 Å². The lowest BCUT2D eigenvalue weighted by molar-refractivity contribution is 0.713. The monoisotopic (exact) mass is 179 g/mol. The summed E-state index contributed by atoms with van der Waals surface area (Å²) in [6, 6.07) is 0. The second kappa shape index (κ2) is 2.50. The van der Waals surface area contributed by atoms with Gasteiger partial charge in [-0.2, -0.15) is 5.10 Å². The summed E-state index contributed by atoms with van der Waals surface area (Å²) < 4.78 is 0. The lowest BCUT2D eigenvalue weighted by Crippen LogP contribution is -2.06. The van der Waals surface area contributed by atoms with Gasteiger partial charge >= 0.3 is 0 Å². The van der Waals surface area contributed by atoms with E-state index in [1.54, 1.807) is 0 Å². The van der Waals surface area contributed by atoms with Crippen molar-refractivity contribution in [3.05, 3.63) is 11.3 Å². The Labute approximate surface area is 78.7 Å². The summed E-state index contributed by atoms with van der Waals surface area (Å²) in [4.78, 5) is 0. The molecule has 3 N–H and O–H groups in total. The average Bonchev–Trinajstić information content (AvgIpc) is 2.63. The van der Waals surface area contributed by atoms with Crippen LogP contribution in [0.1, 0.15) is 50.8 Å². The second-order valence-electron chi connectivity index (χ2n) is 4.61. The first kappa shape index (κ1) is 8.60. The summed E-state index contributed by atoms with van der Waals surface area (Å²) in [7, 11) is 0. The number of hydrogen-bond donors (Lipinski definition) is 2. The summed E-state index contributed by atoms with van der Waals surface area (Å²) in [5.41, 5.74) is 8.65. The molecule has 0 aliphatic heterocycles. The quantitative estimate of drug-likeness (QED) is 0.731. The van der Waals surface area contributed by atoms with Crippen molar-refractivity contribution in [1.82, 2.24) is 10.2 Å². The van der Waals surface area contributed by atoms with Crippen LogP contribution in [-0.4, -0.2) is 10.2 Å². The van der Waals surface area contributed by atoms with E-state index in [1.165, 1.54) is 24.1 Å². The van der Waals surface area contributed by atoms with E-state index in [0.717, 1.165) is 0 Å². The first-order valence-corrected chi connectivity index (χ1v) is 4.89. The second-order valence-corrected chi connectivity index (χ2v) is 4.61. The Bertz CT molecular complexity index is 321. The number of anilines is 1. The third kappa shape index (κ3) is 1.23. The molecule has 1 heterocycles. The molecule has 1 aromatic rings. The van der Waals surface area contributed by atoms with Gasteiger partial charge in [0.15, 0.2) is 0 Å². The predicted octanol–water partition coefficient (Wildman–Crippen LogP) is 2.17. The van der Waals surface area contributed by atoms with Gasteiger partial charge in [-0.3, -0.25) is 5.10 Å². The molecular formula is C10H17N3. The van der Waals surface area contributed by atoms with Gasteiger partial charge in [0.2, 0.25) is 0 Å². The minimum Gasteiger partial charge on any atom is -0.382 e. The summed E-state index contributed by atoms with van der Waals surface area (Å²) in [6.07, 6.45) is 2.52. The standard InChI is InChI=1S/C10H17N3/c1-6(2)7-8(10(3)4-5-10)12-13-9(7)11/h6H,4-5H2,1-3H3,(H3,11,12,13). The number of aromatic nitrogens is 2. The van der Waals surface area contributed by atoms with Gasteiger partial charge in [0.1, 0.15) is 5.82 Å². The van der Waals surface area contributed by atoms with Crippen molar-refractivity contribution < 1.29 is 0 Å². The molecule has 1 fully saturated rings. The fraction of sp³-hybridized carbons (Fsp3) is 0.700. The molecular weight excluding hydrogens is 162 g/mol. The molecule has 0 bridgehead atoms. The molecule has 1 aromatic heterocycles. The molecule has 0 spiro atoms. The molecule has 0 amide bonds. The lowest BCUT2D eigenvalue weighted by atomic mass is 9.94. The lowest BCUT2D eigenvalue weighted by Gasteiger charge is -2.11. The van der Waals surface area contributed by atoms with Gasteiger partial charge in [0.25, 0.3) is 0 Å². The normalized spacial score (nSPS) is 19.4. The Balaban J connectivity index is 2.46. The van der Waals surface area contributed by atoms with Crippen LogP contribution >= 0.6 is 0 Å². The molecule has 13 heavy (non-hydrogen) atoms. The minimum absolute atomic E-state index is 0.338. The number of rotatable bonds is 2. The van der Waals surface area contributed by atoms with Crippen LogP contribution in [0.4, 0.5) is 5.82 Å². The number of nitrogens with zero attached hydrogens (tertiary/aromatic N) is 1. The van der Waals surface area contributed by atoms with Crippen molar-refractivity contribution in [2.75, 3.05) is 5.73 Å². The van der Waals surface area contributed by atoms with Crippen LogP contribution in [0.3, 0.4) is 0 Å². The summed E-state index contributed by atoms with van der Waals surface area (Å²) in [5.74, 6) is 1.14. The van der Waals surface area contributed by atoms with Gasteiger partial charge in [-0.1, -0.05) is 20.8 Å². The zero-order valence-electron chi connectivity index (χ0n) is 8.52. The van der Waals surface area contributed by atoms with Crippen LogP contribution in [0.25, 0.3) is 0 Å². The number of H-pyrrole nitrogens is 1. The summed E-state index contributed by atoms with van der Waals surface area (Å²) >= 11 is 0. The highest BCUT2D eigenvalue weighted by molar-refractivity contribution is 5.48.